The standard InChI is InChI=1S/C11H25NO/c1-5-6-10(4)11(13)8-12-7-9(2)3/h9-13H,5-8H2,1-4H3. The molecule has 2 atom stereocenters. The molecule has 80 valence electrons. The van der Waals surface area contributed by atoms with E-state index in [1.807, 2.05) is 0 Å². The molecule has 0 aromatic carbocycles. The maximum atomic E-state index is 9.70. The first-order chi connectivity index (χ1) is 6.07. The van der Waals surface area contributed by atoms with Crippen LogP contribution in [0.2, 0.25) is 0 Å². The zero-order valence-electron chi connectivity index (χ0n) is 9.51. The molecule has 0 aliphatic heterocycles. The van der Waals surface area contributed by atoms with Gasteiger partial charge in [0.25, 0.3) is 0 Å². The van der Waals surface area contributed by atoms with Crippen molar-refractivity contribution >= 4 is 0 Å². The van der Waals surface area contributed by atoms with Gasteiger partial charge in [0.1, 0.15) is 0 Å². The Morgan fingerprint density at radius 1 is 1.15 bits per heavy atom. The summed E-state index contributed by atoms with van der Waals surface area (Å²) < 4.78 is 0. The van der Waals surface area contributed by atoms with E-state index in [-0.39, 0.29) is 6.10 Å². The number of hydrogen-bond donors (Lipinski definition) is 2. The molecule has 13 heavy (non-hydrogen) atoms. The fourth-order valence-corrected chi connectivity index (χ4v) is 1.37. The van der Waals surface area contributed by atoms with Crippen molar-refractivity contribution in [1.82, 2.24) is 5.32 Å². The van der Waals surface area contributed by atoms with Gasteiger partial charge in [0.05, 0.1) is 6.10 Å². The molecule has 0 fully saturated rings. The van der Waals surface area contributed by atoms with Gasteiger partial charge in [-0.1, -0.05) is 34.1 Å². The lowest BCUT2D eigenvalue weighted by Crippen LogP contribution is -2.33. The van der Waals surface area contributed by atoms with E-state index in [4.69, 9.17) is 0 Å². The molecule has 0 saturated carbocycles. The number of aliphatic hydroxyl groups excluding tert-OH is 1. The predicted octanol–water partition coefficient (Wildman–Crippen LogP) is 2.03. The van der Waals surface area contributed by atoms with Gasteiger partial charge in [-0.3, -0.25) is 0 Å². The van der Waals surface area contributed by atoms with Crippen molar-refractivity contribution in [1.29, 1.82) is 0 Å². The predicted molar refractivity (Wildman–Crippen MR) is 57.8 cm³/mol. The summed E-state index contributed by atoms with van der Waals surface area (Å²) >= 11 is 0. The van der Waals surface area contributed by atoms with Crippen LogP contribution >= 0.6 is 0 Å². The van der Waals surface area contributed by atoms with Crippen molar-refractivity contribution in [2.45, 2.75) is 46.6 Å². The Morgan fingerprint density at radius 3 is 2.23 bits per heavy atom. The average Bonchev–Trinajstić information content (AvgIpc) is 2.04. The molecule has 0 spiro atoms. The van der Waals surface area contributed by atoms with Crippen molar-refractivity contribution < 1.29 is 5.11 Å². The van der Waals surface area contributed by atoms with Gasteiger partial charge in [-0.2, -0.15) is 0 Å². The number of hydrogen-bond acceptors (Lipinski definition) is 2. The minimum atomic E-state index is -0.182. The van der Waals surface area contributed by atoms with Crippen LogP contribution in [0.15, 0.2) is 0 Å². The zero-order chi connectivity index (χ0) is 10.3. The zero-order valence-corrected chi connectivity index (χ0v) is 9.51. The smallest absolute Gasteiger partial charge is 0.0690 e. The van der Waals surface area contributed by atoms with E-state index >= 15 is 0 Å². The molecule has 0 radical (unpaired) electrons. The fourth-order valence-electron chi connectivity index (χ4n) is 1.37. The van der Waals surface area contributed by atoms with Crippen LogP contribution in [0.25, 0.3) is 0 Å². The minimum Gasteiger partial charge on any atom is -0.392 e. The van der Waals surface area contributed by atoms with Crippen molar-refractivity contribution in [2.75, 3.05) is 13.1 Å². The average molecular weight is 187 g/mol. The lowest BCUT2D eigenvalue weighted by Gasteiger charge is -2.19. The van der Waals surface area contributed by atoms with Gasteiger partial charge in [0.2, 0.25) is 0 Å². The molecule has 0 aliphatic carbocycles. The fraction of sp³-hybridized carbons (Fsp3) is 1.00. The monoisotopic (exact) mass is 187 g/mol. The van der Waals surface area contributed by atoms with Gasteiger partial charge >= 0.3 is 0 Å². The molecule has 0 amide bonds. The maximum Gasteiger partial charge on any atom is 0.0690 e. The van der Waals surface area contributed by atoms with E-state index in [1.165, 1.54) is 0 Å². The van der Waals surface area contributed by atoms with Crippen LogP contribution in [0.1, 0.15) is 40.5 Å². The van der Waals surface area contributed by atoms with Gasteiger partial charge in [0, 0.05) is 6.54 Å². The minimum absolute atomic E-state index is 0.182. The van der Waals surface area contributed by atoms with Crippen LogP contribution in [0.5, 0.6) is 0 Å². The highest BCUT2D eigenvalue weighted by Gasteiger charge is 2.12. The van der Waals surface area contributed by atoms with Gasteiger partial charge in [-0.15, -0.1) is 0 Å². The summed E-state index contributed by atoms with van der Waals surface area (Å²) in [4.78, 5) is 0. The Kier molecular flexibility index (Phi) is 7.29. The Hall–Kier alpha value is -0.0800. The van der Waals surface area contributed by atoms with Crippen LogP contribution in [0.4, 0.5) is 0 Å². The molecule has 2 heteroatoms. The molecule has 0 aromatic heterocycles. The normalized spacial score (nSPS) is 16.2. The van der Waals surface area contributed by atoms with Gasteiger partial charge < -0.3 is 10.4 Å². The van der Waals surface area contributed by atoms with E-state index in [0.717, 1.165) is 25.9 Å². The van der Waals surface area contributed by atoms with Gasteiger partial charge in [-0.25, -0.2) is 0 Å². The topological polar surface area (TPSA) is 32.3 Å². The molecule has 0 saturated heterocycles. The highest BCUT2D eigenvalue weighted by atomic mass is 16.3. The largest absolute Gasteiger partial charge is 0.392 e. The first-order valence-corrected chi connectivity index (χ1v) is 5.46. The van der Waals surface area contributed by atoms with Crippen LogP contribution in [-0.4, -0.2) is 24.3 Å². The second kappa shape index (κ2) is 7.34. The van der Waals surface area contributed by atoms with Crippen molar-refractivity contribution in [3.05, 3.63) is 0 Å². The number of nitrogens with one attached hydrogen (secondary N) is 1. The van der Waals surface area contributed by atoms with Crippen LogP contribution in [-0.2, 0) is 0 Å². The third-order valence-electron chi connectivity index (χ3n) is 2.31. The van der Waals surface area contributed by atoms with Crippen LogP contribution in [0, 0.1) is 11.8 Å². The summed E-state index contributed by atoms with van der Waals surface area (Å²) in [5, 5.41) is 13.0. The Balaban J connectivity index is 3.43. The van der Waals surface area contributed by atoms with E-state index in [9.17, 15) is 5.11 Å². The Morgan fingerprint density at radius 2 is 1.77 bits per heavy atom. The maximum absolute atomic E-state index is 9.70. The Labute approximate surface area is 82.7 Å². The molecule has 0 heterocycles. The van der Waals surface area contributed by atoms with Crippen molar-refractivity contribution in [3.63, 3.8) is 0 Å². The highest BCUT2D eigenvalue weighted by Crippen LogP contribution is 2.09. The van der Waals surface area contributed by atoms with Gasteiger partial charge in [0.15, 0.2) is 0 Å². The molecular weight excluding hydrogens is 162 g/mol. The highest BCUT2D eigenvalue weighted by molar-refractivity contribution is 4.67. The molecule has 0 aliphatic rings. The Bertz CT molecular complexity index is 115. The van der Waals surface area contributed by atoms with Gasteiger partial charge in [-0.05, 0) is 24.8 Å². The first kappa shape index (κ1) is 12.9. The van der Waals surface area contributed by atoms with Crippen molar-refractivity contribution in [2.24, 2.45) is 11.8 Å². The summed E-state index contributed by atoms with van der Waals surface area (Å²) in [5.41, 5.74) is 0. The van der Waals surface area contributed by atoms with Crippen LogP contribution in [0.3, 0.4) is 0 Å². The summed E-state index contributed by atoms with van der Waals surface area (Å²) in [7, 11) is 0. The van der Waals surface area contributed by atoms with E-state index < -0.39 is 0 Å². The van der Waals surface area contributed by atoms with E-state index in [0.29, 0.717) is 11.8 Å². The summed E-state index contributed by atoms with van der Waals surface area (Å²) in [6.07, 6.45) is 2.09. The van der Waals surface area contributed by atoms with E-state index in [2.05, 4.69) is 33.0 Å². The quantitative estimate of drug-likeness (QED) is 0.639. The molecular formula is C11H25NO. The lowest BCUT2D eigenvalue weighted by atomic mass is 9.99. The molecule has 0 rings (SSSR count). The molecule has 2 unspecified atom stereocenters. The summed E-state index contributed by atoms with van der Waals surface area (Å²) in [6, 6.07) is 0. The lowest BCUT2D eigenvalue weighted by molar-refractivity contribution is 0.109. The second-order valence-electron chi connectivity index (χ2n) is 4.39. The first-order valence-electron chi connectivity index (χ1n) is 5.46. The van der Waals surface area contributed by atoms with Crippen molar-refractivity contribution in [3.8, 4) is 0 Å². The third-order valence-corrected chi connectivity index (χ3v) is 2.31. The number of rotatable bonds is 7. The molecule has 0 aromatic rings. The van der Waals surface area contributed by atoms with Crippen LogP contribution < -0.4 is 5.32 Å². The molecule has 0 bridgehead atoms. The van der Waals surface area contributed by atoms with E-state index in [1.54, 1.807) is 0 Å². The molecule has 2 N–H and O–H groups in total. The third kappa shape index (κ3) is 7.03. The summed E-state index contributed by atoms with van der Waals surface area (Å²) in [6.45, 7) is 10.4. The number of aliphatic hydroxyl groups is 1. The second-order valence-corrected chi connectivity index (χ2v) is 4.39. The summed E-state index contributed by atoms with van der Waals surface area (Å²) in [5.74, 6) is 1.08. The SMILES string of the molecule is CCCC(C)C(O)CNCC(C)C. The molecule has 2 nitrogen and oxygen atoms in total.